The summed E-state index contributed by atoms with van der Waals surface area (Å²) in [6, 6.07) is 13.8. The van der Waals surface area contributed by atoms with Gasteiger partial charge in [-0.2, -0.15) is 12.6 Å². The summed E-state index contributed by atoms with van der Waals surface area (Å²) in [5.41, 5.74) is 2.00. The minimum atomic E-state index is -4.01. The lowest BCUT2D eigenvalue weighted by atomic mass is 9.86. The topological polar surface area (TPSA) is 113 Å². The molecule has 10 heteroatoms. The van der Waals surface area contributed by atoms with Gasteiger partial charge in [0.1, 0.15) is 0 Å². The molecule has 1 saturated carbocycles. The number of hydrogen-bond acceptors (Lipinski definition) is 6. The third-order valence-corrected chi connectivity index (χ3v) is 9.32. The standard InChI is InChI=1S/C30H41N3O5S2/c1-3-9-30(36)33(19-18-29(35)31-20-27(39)25-10-5-4-6-11-25)21-23-14-16-24(17-15-23)26-12-7-8-13-28(26)40(37,38)32-22(2)34/h7-8,12-17,25,27,39H,3-6,9-11,18-21H2,1-2H3,(H,31,35)(H,32,34)/t27-/m0/s1. The van der Waals surface area contributed by atoms with E-state index in [9.17, 15) is 22.8 Å². The number of carbonyl (C=O) groups is 3. The van der Waals surface area contributed by atoms with Crippen molar-refractivity contribution in [3.63, 3.8) is 0 Å². The molecule has 1 fully saturated rings. The average molecular weight is 588 g/mol. The minimum absolute atomic E-state index is 0.00986. The highest BCUT2D eigenvalue weighted by molar-refractivity contribution is 7.90. The van der Waals surface area contributed by atoms with Crippen molar-refractivity contribution >= 4 is 40.4 Å². The monoisotopic (exact) mass is 587 g/mol. The van der Waals surface area contributed by atoms with Gasteiger partial charge in [0, 0.05) is 50.2 Å². The lowest BCUT2D eigenvalue weighted by molar-refractivity contribution is -0.132. The lowest BCUT2D eigenvalue weighted by Gasteiger charge is -2.27. The van der Waals surface area contributed by atoms with Gasteiger partial charge >= 0.3 is 0 Å². The molecular formula is C30H41N3O5S2. The van der Waals surface area contributed by atoms with Crippen molar-refractivity contribution in [2.24, 2.45) is 5.92 Å². The molecule has 0 aliphatic heterocycles. The van der Waals surface area contributed by atoms with E-state index in [0.29, 0.717) is 49.5 Å². The summed E-state index contributed by atoms with van der Waals surface area (Å²) < 4.78 is 27.3. The largest absolute Gasteiger partial charge is 0.355 e. The van der Waals surface area contributed by atoms with Crippen LogP contribution in [-0.4, -0.2) is 49.4 Å². The predicted molar refractivity (Wildman–Crippen MR) is 160 cm³/mol. The maximum absolute atomic E-state index is 12.8. The number of nitrogens with one attached hydrogen (secondary N) is 2. The van der Waals surface area contributed by atoms with Crippen LogP contribution in [0.15, 0.2) is 53.4 Å². The van der Waals surface area contributed by atoms with Crippen LogP contribution in [0, 0.1) is 5.92 Å². The van der Waals surface area contributed by atoms with E-state index >= 15 is 0 Å². The second-order valence-electron chi connectivity index (χ2n) is 10.4. The molecule has 8 nitrogen and oxygen atoms in total. The zero-order valence-corrected chi connectivity index (χ0v) is 25.1. The van der Waals surface area contributed by atoms with Crippen LogP contribution in [0.4, 0.5) is 0 Å². The average Bonchev–Trinajstić information content (AvgIpc) is 2.94. The van der Waals surface area contributed by atoms with Gasteiger partial charge in [-0.3, -0.25) is 14.4 Å². The molecule has 0 spiro atoms. The Morgan fingerprint density at radius 3 is 2.33 bits per heavy atom. The SMILES string of the molecule is CCCC(=O)N(CCC(=O)NC[C@H](S)C1CCCCC1)Cc1ccc(-c2ccccc2S(=O)(=O)NC(C)=O)cc1. The van der Waals surface area contributed by atoms with Crippen molar-refractivity contribution < 1.29 is 22.8 Å². The lowest BCUT2D eigenvalue weighted by Crippen LogP contribution is -2.37. The van der Waals surface area contributed by atoms with Crippen molar-refractivity contribution in [2.75, 3.05) is 13.1 Å². The molecule has 3 rings (SSSR count). The fourth-order valence-corrected chi connectivity index (χ4v) is 6.70. The Morgan fingerprint density at radius 1 is 1.00 bits per heavy atom. The van der Waals surface area contributed by atoms with E-state index in [2.05, 4.69) is 5.32 Å². The molecule has 0 heterocycles. The molecule has 0 unspecified atom stereocenters. The van der Waals surface area contributed by atoms with Crippen LogP contribution in [0.5, 0.6) is 0 Å². The number of amides is 3. The molecule has 0 radical (unpaired) electrons. The maximum Gasteiger partial charge on any atom is 0.264 e. The summed E-state index contributed by atoms with van der Waals surface area (Å²) in [7, 11) is -4.01. The molecule has 0 bridgehead atoms. The second kappa shape index (κ2) is 15.2. The maximum atomic E-state index is 12.8. The van der Waals surface area contributed by atoms with E-state index < -0.39 is 15.9 Å². The molecular weight excluding hydrogens is 546 g/mol. The van der Waals surface area contributed by atoms with Gasteiger partial charge in [0.15, 0.2) is 0 Å². The highest BCUT2D eigenvalue weighted by Crippen LogP contribution is 2.29. The highest BCUT2D eigenvalue weighted by atomic mass is 32.2. The molecule has 2 aromatic rings. The Kier molecular flexibility index (Phi) is 12.1. The van der Waals surface area contributed by atoms with Gasteiger partial charge in [0.25, 0.3) is 10.0 Å². The van der Waals surface area contributed by atoms with Crippen molar-refractivity contribution in [1.82, 2.24) is 14.9 Å². The number of benzene rings is 2. The summed E-state index contributed by atoms with van der Waals surface area (Å²) in [6.07, 6.45) is 7.39. The molecule has 2 aromatic carbocycles. The minimum Gasteiger partial charge on any atom is -0.355 e. The number of thiol groups is 1. The van der Waals surface area contributed by atoms with Gasteiger partial charge < -0.3 is 10.2 Å². The first kappa shape index (κ1) is 31.7. The van der Waals surface area contributed by atoms with E-state index in [4.69, 9.17) is 12.6 Å². The first-order valence-corrected chi connectivity index (χ1v) is 16.0. The summed E-state index contributed by atoms with van der Waals surface area (Å²) in [6.45, 7) is 4.29. The van der Waals surface area contributed by atoms with E-state index in [1.807, 2.05) is 23.8 Å². The molecule has 0 aromatic heterocycles. The van der Waals surface area contributed by atoms with Crippen LogP contribution in [0.1, 0.15) is 70.8 Å². The molecule has 3 amide bonds. The number of carbonyl (C=O) groups excluding carboxylic acids is 3. The zero-order valence-electron chi connectivity index (χ0n) is 23.4. The van der Waals surface area contributed by atoms with Gasteiger partial charge in [-0.25, -0.2) is 13.1 Å². The van der Waals surface area contributed by atoms with E-state index in [1.165, 1.54) is 38.2 Å². The normalized spacial score (nSPS) is 14.8. The summed E-state index contributed by atoms with van der Waals surface area (Å²) in [5.74, 6) is -0.220. The fraction of sp³-hybridized carbons (Fsp3) is 0.500. The molecule has 1 aliphatic carbocycles. The fourth-order valence-electron chi connectivity index (χ4n) is 5.09. The van der Waals surface area contributed by atoms with Crippen molar-refractivity contribution in [3.05, 3.63) is 54.1 Å². The van der Waals surface area contributed by atoms with Crippen LogP contribution in [-0.2, 0) is 31.0 Å². The molecule has 218 valence electrons. The van der Waals surface area contributed by atoms with E-state index in [1.54, 1.807) is 35.2 Å². The third kappa shape index (κ3) is 9.37. The Labute approximate surface area is 243 Å². The quantitative estimate of drug-likeness (QED) is 0.294. The number of rotatable bonds is 13. The van der Waals surface area contributed by atoms with E-state index in [0.717, 1.165) is 12.5 Å². The van der Waals surface area contributed by atoms with Crippen LogP contribution >= 0.6 is 12.6 Å². The zero-order chi connectivity index (χ0) is 29.1. The van der Waals surface area contributed by atoms with Gasteiger partial charge in [0.2, 0.25) is 17.7 Å². The molecule has 1 aliphatic rings. The number of sulfonamides is 1. The smallest absolute Gasteiger partial charge is 0.264 e. The highest BCUT2D eigenvalue weighted by Gasteiger charge is 2.22. The van der Waals surface area contributed by atoms with Crippen molar-refractivity contribution in [3.8, 4) is 11.1 Å². The van der Waals surface area contributed by atoms with Crippen LogP contribution < -0.4 is 10.0 Å². The molecule has 1 atom stereocenters. The van der Waals surface area contributed by atoms with Gasteiger partial charge in [-0.05, 0) is 42.4 Å². The molecule has 2 N–H and O–H groups in total. The Hall–Kier alpha value is -2.85. The summed E-state index contributed by atoms with van der Waals surface area (Å²) >= 11 is 4.72. The third-order valence-electron chi connectivity index (χ3n) is 7.22. The molecule has 0 saturated heterocycles. The Balaban J connectivity index is 1.64. The van der Waals surface area contributed by atoms with Gasteiger partial charge in [-0.1, -0.05) is 68.7 Å². The van der Waals surface area contributed by atoms with Crippen molar-refractivity contribution in [2.45, 2.75) is 81.9 Å². The molecule has 40 heavy (non-hydrogen) atoms. The first-order chi connectivity index (χ1) is 19.1. The van der Waals surface area contributed by atoms with Crippen LogP contribution in [0.25, 0.3) is 11.1 Å². The van der Waals surface area contributed by atoms with E-state index in [-0.39, 0.29) is 28.4 Å². The van der Waals surface area contributed by atoms with Gasteiger partial charge in [0.05, 0.1) is 4.90 Å². The first-order valence-electron chi connectivity index (χ1n) is 14.0. The number of hydrogen-bond donors (Lipinski definition) is 3. The van der Waals surface area contributed by atoms with Crippen LogP contribution in [0.2, 0.25) is 0 Å². The summed E-state index contributed by atoms with van der Waals surface area (Å²) in [5, 5.41) is 3.15. The van der Waals surface area contributed by atoms with Gasteiger partial charge in [-0.15, -0.1) is 0 Å². The summed E-state index contributed by atoms with van der Waals surface area (Å²) in [4.78, 5) is 38.6. The number of nitrogens with zero attached hydrogens (tertiary/aromatic N) is 1. The Morgan fingerprint density at radius 2 is 1.68 bits per heavy atom. The van der Waals surface area contributed by atoms with Crippen LogP contribution in [0.3, 0.4) is 0 Å². The van der Waals surface area contributed by atoms with Crippen molar-refractivity contribution in [1.29, 1.82) is 0 Å². The predicted octanol–water partition coefficient (Wildman–Crippen LogP) is 4.69. The Bertz CT molecular complexity index is 1260. The second-order valence-corrected chi connectivity index (χ2v) is 12.8.